The highest BCUT2D eigenvalue weighted by Crippen LogP contribution is 2.04. The zero-order valence-corrected chi connectivity index (χ0v) is 12.3. The highest BCUT2D eigenvalue weighted by Gasteiger charge is 2.09. The molecule has 0 saturated carbocycles. The van der Waals surface area contributed by atoms with Crippen molar-refractivity contribution < 1.29 is 13.9 Å². The molecule has 0 aliphatic heterocycles. The SMILES string of the molecule is CCOC(=NCc1ccccc1)NC(=O)c1ccc(F)cc1. The predicted octanol–water partition coefficient (Wildman–Crippen LogP) is 3.15. The van der Waals surface area contributed by atoms with Crippen LogP contribution >= 0.6 is 0 Å². The summed E-state index contributed by atoms with van der Waals surface area (Å²) in [7, 11) is 0. The predicted molar refractivity (Wildman–Crippen MR) is 83.1 cm³/mol. The van der Waals surface area contributed by atoms with Gasteiger partial charge in [-0.05, 0) is 36.8 Å². The van der Waals surface area contributed by atoms with E-state index in [9.17, 15) is 9.18 Å². The van der Waals surface area contributed by atoms with Crippen LogP contribution in [0.4, 0.5) is 4.39 Å². The summed E-state index contributed by atoms with van der Waals surface area (Å²) in [4.78, 5) is 16.3. The van der Waals surface area contributed by atoms with Crippen LogP contribution in [0.15, 0.2) is 59.6 Å². The molecule has 5 heteroatoms. The minimum Gasteiger partial charge on any atom is -0.465 e. The number of amidine groups is 1. The van der Waals surface area contributed by atoms with Crippen molar-refractivity contribution in [1.82, 2.24) is 5.32 Å². The molecule has 4 nitrogen and oxygen atoms in total. The van der Waals surface area contributed by atoms with Gasteiger partial charge in [-0.25, -0.2) is 9.38 Å². The quantitative estimate of drug-likeness (QED) is 0.696. The van der Waals surface area contributed by atoms with Crippen LogP contribution in [0.1, 0.15) is 22.8 Å². The number of nitrogens with zero attached hydrogens (tertiary/aromatic N) is 1. The van der Waals surface area contributed by atoms with E-state index in [1.54, 1.807) is 0 Å². The third-order valence-corrected chi connectivity index (χ3v) is 2.86. The first-order valence-electron chi connectivity index (χ1n) is 6.97. The van der Waals surface area contributed by atoms with Gasteiger partial charge in [0.25, 0.3) is 11.9 Å². The molecule has 0 aliphatic rings. The number of amides is 1. The molecule has 22 heavy (non-hydrogen) atoms. The molecule has 1 N–H and O–H groups in total. The van der Waals surface area contributed by atoms with Crippen LogP contribution in [0.25, 0.3) is 0 Å². The molecule has 0 heterocycles. The molecule has 0 fully saturated rings. The molecule has 0 unspecified atom stereocenters. The summed E-state index contributed by atoms with van der Waals surface area (Å²) < 4.78 is 18.2. The van der Waals surface area contributed by atoms with Crippen molar-refractivity contribution in [3.63, 3.8) is 0 Å². The highest BCUT2D eigenvalue weighted by atomic mass is 19.1. The Morgan fingerprint density at radius 2 is 1.82 bits per heavy atom. The van der Waals surface area contributed by atoms with Crippen LogP contribution in [0.5, 0.6) is 0 Å². The second kappa shape index (κ2) is 7.93. The number of halogens is 1. The Kier molecular flexibility index (Phi) is 5.65. The van der Waals surface area contributed by atoms with Crippen LogP contribution in [0.2, 0.25) is 0 Å². The van der Waals surface area contributed by atoms with Gasteiger partial charge < -0.3 is 4.74 Å². The maximum Gasteiger partial charge on any atom is 0.292 e. The van der Waals surface area contributed by atoms with Crippen molar-refractivity contribution in [2.75, 3.05) is 6.61 Å². The molecule has 1 amide bonds. The van der Waals surface area contributed by atoms with Gasteiger partial charge in [0, 0.05) is 5.56 Å². The summed E-state index contributed by atoms with van der Waals surface area (Å²) >= 11 is 0. The topological polar surface area (TPSA) is 50.7 Å². The van der Waals surface area contributed by atoms with Crippen molar-refractivity contribution in [3.05, 3.63) is 71.5 Å². The third kappa shape index (κ3) is 4.70. The fourth-order valence-electron chi connectivity index (χ4n) is 1.78. The van der Waals surface area contributed by atoms with E-state index in [0.717, 1.165) is 5.56 Å². The van der Waals surface area contributed by atoms with Crippen molar-refractivity contribution in [1.29, 1.82) is 0 Å². The van der Waals surface area contributed by atoms with Crippen LogP contribution in [0.3, 0.4) is 0 Å². The van der Waals surface area contributed by atoms with Gasteiger partial charge >= 0.3 is 0 Å². The summed E-state index contributed by atoms with van der Waals surface area (Å²) in [6, 6.07) is 15.1. The fraction of sp³-hybridized carbons (Fsp3) is 0.176. The lowest BCUT2D eigenvalue weighted by atomic mass is 10.2. The van der Waals surface area contributed by atoms with E-state index in [4.69, 9.17) is 4.74 Å². The Balaban J connectivity index is 2.04. The van der Waals surface area contributed by atoms with Gasteiger partial charge in [0.15, 0.2) is 0 Å². The monoisotopic (exact) mass is 300 g/mol. The van der Waals surface area contributed by atoms with Crippen molar-refractivity contribution >= 4 is 11.9 Å². The number of aliphatic imine (C=N–C) groups is 1. The summed E-state index contributed by atoms with van der Waals surface area (Å²) in [5, 5.41) is 2.59. The molecule has 2 rings (SSSR count). The Hall–Kier alpha value is -2.69. The molecular formula is C17H17FN2O2. The third-order valence-electron chi connectivity index (χ3n) is 2.86. The van der Waals surface area contributed by atoms with Crippen LogP contribution in [0, 0.1) is 5.82 Å². The van der Waals surface area contributed by atoms with Gasteiger partial charge in [-0.1, -0.05) is 30.3 Å². The van der Waals surface area contributed by atoms with Gasteiger partial charge in [0.05, 0.1) is 13.2 Å². The zero-order chi connectivity index (χ0) is 15.8. The highest BCUT2D eigenvalue weighted by molar-refractivity contribution is 6.04. The average molecular weight is 300 g/mol. The molecule has 2 aromatic carbocycles. The molecule has 0 spiro atoms. The van der Waals surface area contributed by atoms with E-state index in [1.807, 2.05) is 37.3 Å². The first-order valence-corrected chi connectivity index (χ1v) is 6.97. The van der Waals surface area contributed by atoms with Crippen molar-refractivity contribution in [2.45, 2.75) is 13.5 Å². The molecule has 0 radical (unpaired) electrons. The summed E-state index contributed by atoms with van der Waals surface area (Å²) in [5.74, 6) is -0.778. The molecule has 0 aromatic heterocycles. The number of nitrogens with one attached hydrogen (secondary N) is 1. The number of ether oxygens (including phenoxy) is 1. The maximum atomic E-state index is 12.9. The van der Waals surface area contributed by atoms with Crippen molar-refractivity contribution in [3.8, 4) is 0 Å². The molecule has 0 aliphatic carbocycles. The summed E-state index contributed by atoms with van der Waals surface area (Å²) in [6.45, 7) is 2.60. The molecule has 2 aromatic rings. The van der Waals surface area contributed by atoms with Gasteiger partial charge in [0.2, 0.25) is 0 Å². The Morgan fingerprint density at radius 3 is 2.45 bits per heavy atom. The van der Waals surface area contributed by atoms with E-state index in [-0.39, 0.29) is 17.7 Å². The molecular weight excluding hydrogens is 283 g/mol. The second-order valence-electron chi connectivity index (χ2n) is 4.50. The fourth-order valence-corrected chi connectivity index (χ4v) is 1.78. The van der Waals surface area contributed by atoms with E-state index in [0.29, 0.717) is 18.7 Å². The average Bonchev–Trinajstić information content (AvgIpc) is 2.54. The molecule has 0 saturated heterocycles. The number of hydrogen-bond donors (Lipinski definition) is 1. The summed E-state index contributed by atoms with van der Waals surface area (Å²) in [6.07, 6.45) is 0. The number of hydrogen-bond acceptors (Lipinski definition) is 3. The molecule has 0 bridgehead atoms. The smallest absolute Gasteiger partial charge is 0.292 e. The second-order valence-corrected chi connectivity index (χ2v) is 4.50. The Bertz CT molecular complexity index is 639. The normalized spacial score (nSPS) is 11.1. The summed E-state index contributed by atoms with van der Waals surface area (Å²) in [5.41, 5.74) is 1.35. The van der Waals surface area contributed by atoms with Crippen LogP contribution in [-0.4, -0.2) is 18.5 Å². The van der Waals surface area contributed by atoms with E-state index >= 15 is 0 Å². The number of carbonyl (C=O) groups excluding carboxylic acids is 1. The van der Waals surface area contributed by atoms with E-state index < -0.39 is 0 Å². The van der Waals surface area contributed by atoms with Gasteiger partial charge in [-0.2, -0.15) is 0 Å². The first kappa shape index (κ1) is 15.7. The minimum atomic E-state index is -0.390. The van der Waals surface area contributed by atoms with Gasteiger partial charge in [-0.3, -0.25) is 10.1 Å². The maximum absolute atomic E-state index is 12.9. The van der Waals surface area contributed by atoms with Gasteiger partial charge in [-0.15, -0.1) is 0 Å². The van der Waals surface area contributed by atoms with E-state index in [2.05, 4.69) is 10.3 Å². The largest absolute Gasteiger partial charge is 0.465 e. The lowest BCUT2D eigenvalue weighted by Gasteiger charge is -2.09. The molecule has 114 valence electrons. The van der Waals surface area contributed by atoms with E-state index in [1.165, 1.54) is 24.3 Å². The standard InChI is InChI=1S/C17H17FN2O2/c1-2-22-17(19-12-13-6-4-3-5-7-13)20-16(21)14-8-10-15(18)11-9-14/h3-11H,2,12H2,1H3,(H,19,20,21). The number of carbonyl (C=O) groups is 1. The minimum absolute atomic E-state index is 0.153. The van der Waals surface area contributed by atoms with Crippen LogP contribution < -0.4 is 5.32 Å². The Labute approximate surface area is 128 Å². The van der Waals surface area contributed by atoms with Crippen LogP contribution in [-0.2, 0) is 11.3 Å². The lowest BCUT2D eigenvalue weighted by molar-refractivity contribution is 0.0966. The number of rotatable bonds is 4. The lowest BCUT2D eigenvalue weighted by Crippen LogP contribution is -2.32. The van der Waals surface area contributed by atoms with Crippen molar-refractivity contribution in [2.24, 2.45) is 4.99 Å². The molecule has 0 atom stereocenters. The van der Waals surface area contributed by atoms with Gasteiger partial charge in [0.1, 0.15) is 5.82 Å². The first-order chi connectivity index (χ1) is 10.7. The zero-order valence-electron chi connectivity index (χ0n) is 12.3. The number of benzene rings is 2. The Morgan fingerprint density at radius 1 is 1.14 bits per heavy atom.